The minimum absolute atomic E-state index is 0.130. The zero-order valence-corrected chi connectivity index (χ0v) is 29.1. The molecule has 1 fully saturated rings. The molecule has 0 bridgehead atoms. The van der Waals surface area contributed by atoms with Gasteiger partial charge in [-0.1, -0.05) is 6.07 Å². The zero-order chi connectivity index (χ0) is 35.6. The van der Waals surface area contributed by atoms with Gasteiger partial charge in [-0.3, -0.25) is 34.4 Å². The fourth-order valence-corrected chi connectivity index (χ4v) is 7.12. The van der Waals surface area contributed by atoms with E-state index in [9.17, 15) is 19.2 Å². The average Bonchev–Trinajstić information content (AvgIpc) is 3.98. The van der Waals surface area contributed by atoms with Crippen molar-refractivity contribution in [1.29, 1.82) is 0 Å². The molecule has 0 saturated carbocycles. The van der Waals surface area contributed by atoms with Crippen LogP contribution in [0.5, 0.6) is 0 Å². The van der Waals surface area contributed by atoms with Crippen LogP contribution in [-0.2, 0) is 9.53 Å². The highest BCUT2D eigenvalue weighted by atomic mass is 32.1. The molecule has 2 atom stereocenters. The van der Waals surface area contributed by atoms with Crippen LogP contribution in [0.1, 0.15) is 67.9 Å². The Kier molecular flexibility index (Phi) is 11.8. The van der Waals surface area contributed by atoms with Gasteiger partial charge in [-0.25, -0.2) is 4.98 Å². The summed E-state index contributed by atoms with van der Waals surface area (Å²) < 4.78 is 5.95. The van der Waals surface area contributed by atoms with Gasteiger partial charge in [-0.2, -0.15) is 10.2 Å². The van der Waals surface area contributed by atoms with Gasteiger partial charge >= 0.3 is 0 Å². The number of amides is 4. The molecule has 1 aliphatic heterocycles. The molecule has 1 aliphatic rings. The van der Waals surface area contributed by atoms with Crippen molar-refractivity contribution in [2.45, 2.75) is 37.7 Å². The van der Waals surface area contributed by atoms with E-state index in [-0.39, 0.29) is 46.8 Å². The summed E-state index contributed by atoms with van der Waals surface area (Å²) in [7, 11) is 0. The molecule has 6 heterocycles. The summed E-state index contributed by atoms with van der Waals surface area (Å²) in [6.45, 7) is 1.93. The van der Waals surface area contributed by atoms with Crippen LogP contribution in [0.2, 0.25) is 0 Å². The number of nitrogens with one attached hydrogen (secondary N) is 6. The van der Waals surface area contributed by atoms with Crippen LogP contribution in [0.3, 0.4) is 0 Å². The second kappa shape index (κ2) is 17.0. The van der Waals surface area contributed by atoms with Crippen LogP contribution in [0.15, 0.2) is 54.2 Å². The average molecular weight is 732 g/mol. The Hall–Kier alpha value is -5.46. The molecule has 2 unspecified atom stereocenters. The summed E-state index contributed by atoms with van der Waals surface area (Å²) in [6.07, 6.45) is 4.66. The van der Waals surface area contributed by atoms with Crippen LogP contribution in [-0.4, -0.2) is 92.9 Å². The number of carbonyl (C=O) groups is 4. The summed E-state index contributed by atoms with van der Waals surface area (Å²) in [5.74, 6) is -0.816. The molecule has 5 aromatic heterocycles. The maximum atomic E-state index is 12.7. The van der Waals surface area contributed by atoms with Crippen molar-refractivity contribution < 1.29 is 23.9 Å². The standard InChI is InChI=1S/C33H37N11O5S2/c34-29-17-35-16-24(40-29)32(47)38-11-2-9-36-31(46)23-15-21(42-44-23)28-8-7-26(51-28)19-5-6-25(49-18-19)33(48)39-12-3-10-37-30(45)22-14-20(41-43-22)27-4-1-13-50-27/h1,4,7-8,13-17,19,25H,2-3,5-6,9-12,18H2,(H2,34,40)(H,36,46)(H,37,45)(H,38,47)(H,39,48)(H,41,43)(H,42,44). The maximum Gasteiger partial charge on any atom is 0.271 e. The number of rotatable bonds is 15. The van der Waals surface area contributed by atoms with Crippen molar-refractivity contribution in [1.82, 2.24) is 51.6 Å². The normalized spacial score (nSPS) is 15.6. The number of aromatic nitrogens is 6. The van der Waals surface area contributed by atoms with E-state index >= 15 is 0 Å². The Morgan fingerprint density at radius 3 is 2.06 bits per heavy atom. The fourth-order valence-electron chi connectivity index (χ4n) is 5.33. The summed E-state index contributed by atoms with van der Waals surface area (Å²) in [4.78, 5) is 60.7. The quantitative estimate of drug-likeness (QED) is 0.0778. The third-order valence-corrected chi connectivity index (χ3v) is 10.2. The molecule has 0 aliphatic carbocycles. The van der Waals surface area contributed by atoms with Crippen molar-refractivity contribution in [2.24, 2.45) is 0 Å². The zero-order valence-electron chi connectivity index (χ0n) is 27.4. The highest BCUT2D eigenvalue weighted by Crippen LogP contribution is 2.36. The molecule has 8 N–H and O–H groups in total. The molecule has 5 aromatic rings. The molecule has 18 heteroatoms. The van der Waals surface area contributed by atoms with E-state index in [0.29, 0.717) is 57.7 Å². The second-order valence-electron chi connectivity index (χ2n) is 11.7. The number of nitrogens with two attached hydrogens (primary N) is 1. The topological polar surface area (TPSA) is 235 Å². The summed E-state index contributed by atoms with van der Waals surface area (Å²) in [5, 5.41) is 27.3. The van der Waals surface area contributed by atoms with Crippen LogP contribution in [0, 0.1) is 0 Å². The number of hydrogen-bond donors (Lipinski definition) is 7. The van der Waals surface area contributed by atoms with E-state index in [1.165, 1.54) is 12.4 Å². The molecule has 266 valence electrons. The SMILES string of the molecule is Nc1cncc(C(=O)NCCCNC(=O)c2cc(-c3ccc(C4CCC(C(=O)NCCCNC(=O)c5cc(-c6cccs6)[nH]n5)OC4)s3)[nH]n2)n1. The number of thiophene rings is 2. The van der Waals surface area contributed by atoms with Crippen molar-refractivity contribution in [2.75, 3.05) is 38.5 Å². The van der Waals surface area contributed by atoms with Gasteiger partial charge in [0.1, 0.15) is 17.6 Å². The van der Waals surface area contributed by atoms with Crippen LogP contribution < -0.4 is 27.0 Å². The van der Waals surface area contributed by atoms with E-state index in [1.54, 1.807) is 34.8 Å². The lowest BCUT2D eigenvalue weighted by Crippen LogP contribution is -2.40. The van der Waals surface area contributed by atoms with Crippen molar-refractivity contribution in [3.8, 4) is 21.1 Å². The largest absolute Gasteiger partial charge is 0.382 e. The molecule has 6 rings (SSSR count). The lowest BCUT2D eigenvalue weighted by Gasteiger charge is -2.27. The fraction of sp³-hybridized carbons (Fsp3) is 0.333. The van der Waals surface area contributed by atoms with Crippen LogP contribution in [0.4, 0.5) is 5.82 Å². The molecule has 1 saturated heterocycles. The lowest BCUT2D eigenvalue weighted by molar-refractivity contribution is -0.136. The van der Waals surface area contributed by atoms with Gasteiger partial charge in [0, 0.05) is 37.0 Å². The molecule has 0 aromatic carbocycles. The summed E-state index contributed by atoms with van der Waals surface area (Å²) >= 11 is 3.16. The smallest absolute Gasteiger partial charge is 0.271 e. The molecular weight excluding hydrogens is 695 g/mol. The van der Waals surface area contributed by atoms with Gasteiger partial charge in [-0.05, 0) is 61.4 Å². The van der Waals surface area contributed by atoms with Gasteiger partial charge < -0.3 is 31.7 Å². The van der Waals surface area contributed by atoms with E-state index in [1.807, 2.05) is 29.6 Å². The molecule has 0 radical (unpaired) electrons. The highest BCUT2D eigenvalue weighted by Gasteiger charge is 2.29. The number of nitrogen functional groups attached to an aromatic ring is 1. The first-order valence-electron chi connectivity index (χ1n) is 16.4. The van der Waals surface area contributed by atoms with Gasteiger partial charge in [-0.15, -0.1) is 22.7 Å². The number of anilines is 1. The Morgan fingerprint density at radius 1 is 0.804 bits per heavy atom. The monoisotopic (exact) mass is 731 g/mol. The number of ether oxygens (including phenoxy) is 1. The first-order valence-corrected chi connectivity index (χ1v) is 18.1. The molecule has 16 nitrogen and oxygen atoms in total. The molecular formula is C33H37N11O5S2. The minimum atomic E-state index is -0.516. The number of carbonyl (C=O) groups excluding carboxylic acids is 4. The van der Waals surface area contributed by atoms with Gasteiger partial charge in [0.05, 0.1) is 40.1 Å². The van der Waals surface area contributed by atoms with Gasteiger partial charge in [0.2, 0.25) is 5.91 Å². The van der Waals surface area contributed by atoms with Crippen LogP contribution >= 0.6 is 22.7 Å². The Balaban J connectivity index is 0.858. The molecule has 0 spiro atoms. The first kappa shape index (κ1) is 35.4. The third kappa shape index (κ3) is 9.41. The van der Waals surface area contributed by atoms with E-state index < -0.39 is 6.10 Å². The maximum absolute atomic E-state index is 12.7. The Labute approximate surface area is 300 Å². The van der Waals surface area contributed by atoms with Gasteiger partial charge in [0.15, 0.2) is 11.4 Å². The Bertz CT molecular complexity index is 1950. The Morgan fingerprint density at radius 2 is 1.45 bits per heavy atom. The van der Waals surface area contributed by atoms with Crippen LogP contribution in [0.25, 0.3) is 21.1 Å². The predicted molar refractivity (Wildman–Crippen MR) is 191 cm³/mol. The second-order valence-corrected chi connectivity index (χ2v) is 13.8. The number of aromatic amines is 2. The highest BCUT2D eigenvalue weighted by molar-refractivity contribution is 7.15. The first-order chi connectivity index (χ1) is 24.8. The minimum Gasteiger partial charge on any atom is -0.382 e. The predicted octanol–water partition coefficient (Wildman–Crippen LogP) is 2.71. The number of H-pyrrole nitrogens is 2. The third-order valence-electron chi connectivity index (χ3n) is 8.02. The summed E-state index contributed by atoms with van der Waals surface area (Å²) in [6, 6.07) is 11.3. The molecule has 51 heavy (non-hydrogen) atoms. The van der Waals surface area contributed by atoms with E-state index in [0.717, 1.165) is 32.4 Å². The molecule has 4 amide bonds. The van der Waals surface area contributed by atoms with Crippen molar-refractivity contribution >= 4 is 52.1 Å². The van der Waals surface area contributed by atoms with E-state index in [4.69, 9.17) is 10.5 Å². The van der Waals surface area contributed by atoms with Crippen molar-refractivity contribution in [3.05, 3.63) is 76.1 Å². The van der Waals surface area contributed by atoms with Crippen molar-refractivity contribution in [3.63, 3.8) is 0 Å². The lowest BCUT2D eigenvalue weighted by atomic mass is 9.96. The number of nitrogens with zero attached hydrogens (tertiary/aromatic N) is 4. The van der Waals surface area contributed by atoms with E-state index in [2.05, 4.69) is 51.6 Å². The van der Waals surface area contributed by atoms with Gasteiger partial charge in [0.25, 0.3) is 17.7 Å². The summed E-state index contributed by atoms with van der Waals surface area (Å²) in [5.41, 5.74) is 7.80. The number of hydrogen-bond acceptors (Lipinski definition) is 12.